The predicted octanol–water partition coefficient (Wildman–Crippen LogP) is 1.67. The molecular formula is C15H25N3O4S3. The van der Waals surface area contributed by atoms with Gasteiger partial charge in [0.15, 0.2) is 0 Å². The van der Waals surface area contributed by atoms with Gasteiger partial charge in [0.1, 0.15) is 4.21 Å². The summed E-state index contributed by atoms with van der Waals surface area (Å²) in [6.07, 6.45) is 2.05. The average molecular weight is 408 g/mol. The number of rotatable bonds is 10. The highest BCUT2D eigenvalue weighted by molar-refractivity contribution is 7.99. The van der Waals surface area contributed by atoms with Crippen LogP contribution in [0.3, 0.4) is 0 Å². The summed E-state index contributed by atoms with van der Waals surface area (Å²) in [4.78, 5) is 2.26. The molecular weight excluding hydrogens is 382 g/mol. The standard InChI is InChI=1S/C15H25N3O4S3/c1-4-18-13(11-17(5-7-21-2)6-8-22-3)9-12-10-14(25(16,19)20)23-15(12)24-18/h9-10H,4-8,11H2,1-3H3,(H2,16,19,20). The van der Waals surface area contributed by atoms with Gasteiger partial charge in [-0.2, -0.15) is 0 Å². The molecule has 25 heavy (non-hydrogen) atoms. The third-order valence-electron chi connectivity index (χ3n) is 3.71. The first kappa shape index (κ1) is 20.7. The fourth-order valence-electron chi connectivity index (χ4n) is 2.42. The summed E-state index contributed by atoms with van der Waals surface area (Å²) in [7, 11) is -0.293. The van der Waals surface area contributed by atoms with Gasteiger partial charge in [0, 0.05) is 51.7 Å². The molecule has 1 aromatic rings. The van der Waals surface area contributed by atoms with E-state index in [2.05, 4.69) is 16.1 Å². The molecule has 2 N–H and O–H groups in total. The summed E-state index contributed by atoms with van der Waals surface area (Å²) in [6, 6.07) is 1.66. The lowest BCUT2D eigenvalue weighted by Gasteiger charge is -2.32. The summed E-state index contributed by atoms with van der Waals surface area (Å²) in [5.41, 5.74) is 2.04. The van der Waals surface area contributed by atoms with E-state index < -0.39 is 10.0 Å². The van der Waals surface area contributed by atoms with Gasteiger partial charge in [0.25, 0.3) is 0 Å². The van der Waals surface area contributed by atoms with Crippen LogP contribution in [-0.2, 0) is 19.5 Å². The summed E-state index contributed by atoms with van der Waals surface area (Å²) < 4.78 is 36.9. The fourth-order valence-corrected chi connectivity index (χ4v) is 5.66. The maximum absolute atomic E-state index is 11.6. The van der Waals surface area contributed by atoms with Crippen molar-refractivity contribution in [1.82, 2.24) is 9.21 Å². The van der Waals surface area contributed by atoms with E-state index >= 15 is 0 Å². The van der Waals surface area contributed by atoms with Gasteiger partial charge in [-0.05, 0) is 31.0 Å². The van der Waals surface area contributed by atoms with Crippen LogP contribution in [0.2, 0.25) is 0 Å². The molecule has 10 heteroatoms. The van der Waals surface area contributed by atoms with Gasteiger partial charge >= 0.3 is 0 Å². The highest BCUT2D eigenvalue weighted by atomic mass is 32.3. The maximum Gasteiger partial charge on any atom is 0.247 e. The van der Waals surface area contributed by atoms with E-state index in [9.17, 15) is 8.42 Å². The van der Waals surface area contributed by atoms with E-state index in [1.54, 1.807) is 32.2 Å². The molecule has 1 aliphatic heterocycles. The Balaban J connectivity index is 2.22. The zero-order valence-corrected chi connectivity index (χ0v) is 17.2. The number of methoxy groups -OCH3 is 2. The van der Waals surface area contributed by atoms with Crippen molar-refractivity contribution in [3.8, 4) is 0 Å². The number of thiophene rings is 1. The number of sulfonamides is 1. The first-order valence-corrected chi connectivity index (χ1v) is 11.1. The van der Waals surface area contributed by atoms with Crippen molar-refractivity contribution in [1.29, 1.82) is 0 Å². The quantitative estimate of drug-likeness (QED) is 0.591. The lowest BCUT2D eigenvalue weighted by molar-refractivity contribution is 0.117. The molecule has 0 spiro atoms. The second kappa shape index (κ2) is 9.36. The maximum atomic E-state index is 11.6. The Kier molecular flexibility index (Phi) is 7.74. The molecule has 0 unspecified atom stereocenters. The topological polar surface area (TPSA) is 85.1 Å². The van der Waals surface area contributed by atoms with Crippen molar-refractivity contribution in [3.05, 3.63) is 17.3 Å². The second-order valence-corrected chi connectivity index (χ2v) is 9.67. The zero-order chi connectivity index (χ0) is 18.4. The smallest absolute Gasteiger partial charge is 0.247 e. The van der Waals surface area contributed by atoms with Crippen LogP contribution in [0, 0.1) is 0 Å². The van der Waals surface area contributed by atoms with Gasteiger partial charge in [-0.25, -0.2) is 13.6 Å². The van der Waals surface area contributed by atoms with Gasteiger partial charge in [0.05, 0.1) is 17.4 Å². The van der Waals surface area contributed by atoms with Crippen molar-refractivity contribution < 1.29 is 17.9 Å². The van der Waals surface area contributed by atoms with E-state index in [1.165, 1.54) is 11.3 Å². The number of primary sulfonamides is 1. The van der Waals surface area contributed by atoms with E-state index in [0.717, 1.165) is 41.6 Å². The molecule has 142 valence electrons. The molecule has 0 aliphatic carbocycles. The molecule has 0 amide bonds. The minimum atomic E-state index is -3.67. The van der Waals surface area contributed by atoms with Gasteiger partial charge in [-0.15, -0.1) is 11.3 Å². The largest absolute Gasteiger partial charge is 0.383 e. The van der Waals surface area contributed by atoms with Crippen LogP contribution < -0.4 is 5.14 Å². The Morgan fingerprint density at radius 2 is 1.88 bits per heavy atom. The summed E-state index contributed by atoms with van der Waals surface area (Å²) >= 11 is 2.79. The summed E-state index contributed by atoms with van der Waals surface area (Å²) in [5, 5.41) is 5.26. The second-order valence-electron chi connectivity index (χ2n) is 5.54. The number of ether oxygens (including phenoxy) is 2. The van der Waals surface area contributed by atoms with E-state index in [-0.39, 0.29) is 4.21 Å². The Morgan fingerprint density at radius 1 is 1.24 bits per heavy atom. The molecule has 0 saturated heterocycles. The average Bonchev–Trinajstić information content (AvgIpc) is 2.99. The van der Waals surface area contributed by atoms with Crippen molar-refractivity contribution >= 4 is 39.4 Å². The molecule has 1 aliphatic rings. The molecule has 1 aromatic heterocycles. The van der Waals surface area contributed by atoms with Crippen LogP contribution in [0.1, 0.15) is 12.5 Å². The van der Waals surface area contributed by atoms with E-state index in [4.69, 9.17) is 14.6 Å². The first-order chi connectivity index (χ1) is 11.9. The molecule has 0 radical (unpaired) electrons. The highest BCUT2D eigenvalue weighted by Gasteiger charge is 2.24. The molecule has 0 aromatic carbocycles. The molecule has 0 bridgehead atoms. The van der Waals surface area contributed by atoms with Crippen LogP contribution >= 0.6 is 23.3 Å². The monoisotopic (exact) mass is 407 g/mol. The van der Waals surface area contributed by atoms with Crippen molar-refractivity contribution in [2.45, 2.75) is 15.3 Å². The minimum absolute atomic E-state index is 0.203. The van der Waals surface area contributed by atoms with Crippen LogP contribution in [0.5, 0.6) is 0 Å². The summed E-state index contributed by atoms with van der Waals surface area (Å²) in [5.74, 6) is 0. The molecule has 0 fully saturated rings. The minimum Gasteiger partial charge on any atom is -0.383 e. The van der Waals surface area contributed by atoms with Gasteiger partial charge < -0.3 is 13.8 Å². The SMILES string of the molecule is CCN1Sc2sc(S(N)(=O)=O)cc2C=C1CN(CCOC)CCOC. The number of likely N-dealkylation sites (N-methyl/N-ethyl adjacent to an activating group) is 1. The van der Waals surface area contributed by atoms with Crippen molar-refractivity contribution in [3.63, 3.8) is 0 Å². The van der Waals surface area contributed by atoms with Crippen LogP contribution in [0.4, 0.5) is 0 Å². The van der Waals surface area contributed by atoms with Crippen molar-refractivity contribution in [2.75, 3.05) is 53.6 Å². The Labute approximate surface area is 157 Å². The number of nitrogens with two attached hydrogens (primary N) is 1. The van der Waals surface area contributed by atoms with Gasteiger partial charge in [0.2, 0.25) is 10.0 Å². The van der Waals surface area contributed by atoms with Crippen LogP contribution in [-0.4, -0.2) is 71.2 Å². The van der Waals surface area contributed by atoms with Crippen LogP contribution in [0.25, 0.3) is 6.08 Å². The number of hydrogen-bond acceptors (Lipinski definition) is 8. The lowest BCUT2D eigenvalue weighted by Crippen LogP contribution is -2.35. The number of nitrogens with zero attached hydrogens (tertiary/aromatic N) is 2. The van der Waals surface area contributed by atoms with Gasteiger partial charge in [-0.1, -0.05) is 0 Å². The zero-order valence-electron chi connectivity index (χ0n) is 14.7. The molecule has 2 heterocycles. The van der Waals surface area contributed by atoms with Crippen molar-refractivity contribution in [2.24, 2.45) is 5.14 Å². The number of fused-ring (bicyclic) bond motifs is 1. The first-order valence-electron chi connectivity index (χ1n) is 7.92. The Morgan fingerprint density at radius 3 is 2.40 bits per heavy atom. The Hall–Kier alpha value is -0.620. The summed E-state index contributed by atoms with van der Waals surface area (Å²) in [6.45, 7) is 6.55. The molecule has 7 nitrogen and oxygen atoms in total. The number of hydrogen-bond donors (Lipinski definition) is 1. The van der Waals surface area contributed by atoms with E-state index in [0.29, 0.717) is 13.2 Å². The fraction of sp³-hybridized carbons (Fsp3) is 0.600. The third kappa shape index (κ3) is 5.68. The molecule has 0 atom stereocenters. The van der Waals surface area contributed by atoms with Crippen LogP contribution in [0.15, 0.2) is 20.2 Å². The van der Waals surface area contributed by atoms with Gasteiger partial charge in [-0.3, -0.25) is 4.90 Å². The lowest BCUT2D eigenvalue weighted by atomic mass is 10.2. The molecule has 2 rings (SSSR count). The molecule has 0 saturated carbocycles. The third-order valence-corrected chi connectivity index (χ3v) is 7.67. The van der Waals surface area contributed by atoms with E-state index in [1.807, 2.05) is 6.08 Å². The Bertz CT molecular complexity index is 695. The predicted molar refractivity (Wildman–Crippen MR) is 102 cm³/mol. The highest BCUT2D eigenvalue weighted by Crippen LogP contribution is 2.42. The normalized spacial score (nSPS) is 14.8.